The highest BCUT2D eigenvalue weighted by molar-refractivity contribution is 6.90. The molecule has 0 fully saturated rings. The second-order valence-electron chi connectivity index (χ2n) is 8.07. The quantitative estimate of drug-likeness (QED) is 0.579. The van der Waals surface area contributed by atoms with E-state index in [1.54, 1.807) is 0 Å². The molecule has 0 aliphatic carbocycles. The topological polar surface area (TPSA) is 79.7 Å². The molecule has 0 aliphatic heterocycles. The van der Waals surface area contributed by atoms with Crippen LogP contribution in [-0.4, -0.2) is 46.5 Å². The lowest BCUT2D eigenvalue weighted by Crippen LogP contribution is -2.62. The fourth-order valence-electron chi connectivity index (χ4n) is 1.93. The van der Waals surface area contributed by atoms with E-state index in [-0.39, 0.29) is 0 Å². The van der Waals surface area contributed by atoms with Crippen LogP contribution in [-0.2, 0) is 12.3 Å². The average Bonchev–Trinajstić information content (AvgIpc) is 2.20. The van der Waals surface area contributed by atoms with E-state index in [0.717, 1.165) is 12.5 Å². The summed E-state index contributed by atoms with van der Waals surface area (Å²) in [6.07, 6.45) is 1.45. The molecule has 0 amide bonds. The van der Waals surface area contributed by atoms with E-state index in [1.807, 2.05) is 0 Å². The van der Waals surface area contributed by atoms with E-state index >= 15 is 0 Å². The molecule has 0 atom stereocenters. The third-order valence-electron chi connectivity index (χ3n) is 2.53. The van der Waals surface area contributed by atoms with Gasteiger partial charge in [-0.3, -0.25) is 0 Å². The lowest BCUT2D eigenvalue weighted by atomic mass is 10.5. The van der Waals surface area contributed by atoms with Crippen molar-refractivity contribution < 1.29 is 12.3 Å². The Morgan fingerprint density at radius 1 is 0.714 bits per heavy atom. The van der Waals surface area contributed by atoms with Crippen molar-refractivity contribution in [3.05, 3.63) is 0 Å². The summed E-state index contributed by atoms with van der Waals surface area (Å²) in [5, 5.41) is 0. The highest BCUT2D eigenvalue weighted by atomic mass is 28.5. The zero-order valence-electron chi connectivity index (χ0n) is 15.2. The first kappa shape index (κ1) is 21.7. The van der Waals surface area contributed by atoms with Gasteiger partial charge in [0, 0.05) is 12.2 Å². The zero-order chi connectivity index (χ0) is 16.9. The second kappa shape index (κ2) is 7.97. The zero-order valence-corrected chi connectivity index (χ0v) is 19.2. The summed E-state index contributed by atoms with van der Waals surface area (Å²) in [6, 6.07) is 0.800. The predicted molar refractivity (Wildman–Crippen MR) is 101 cm³/mol. The van der Waals surface area contributed by atoms with E-state index in [2.05, 4.69) is 52.4 Å². The summed E-state index contributed by atoms with van der Waals surface area (Å²) in [7, 11) is -8.25. The van der Waals surface area contributed by atoms with Gasteiger partial charge in [0.15, 0.2) is 25.0 Å². The fraction of sp³-hybridized carbons (Fsp3) is 1.00. The van der Waals surface area contributed by atoms with Crippen LogP contribution in [0.3, 0.4) is 0 Å². The van der Waals surface area contributed by atoms with Crippen LogP contribution in [0.4, 0.5) is 0 Å². The molecule has 4 N–H and O–H groups in total. The van der Waals surface area contributed by atoms with E-state index in [0.29, 0.717) is 12.7 Å². The molecule has 0 heterocycles. The number of nitrogens with two attached hydrogens (primary N) is 2. The average molecular weight is 369 g/mol. The Bertz CT molecular complexity index is 301. The van der Waals surface area contributed by atoms with Gasteiger partial charge in [0.1, 0.15) is 0 Å². The smallest absolute Gasteiger partial charge is 0.417 e. The maximum absolute atomic E-state index is 6.55. The maximum atomic E-state index is 6.55. The van der Waals surface area contributed by atoms with Gasteiger partial charge in [-0.2, -0.15) is 0 Å². The predicted octanol–water partition coefficient (Wildman–Crippen LogP) is 2.70. The highest BCUT2D eigenvalue weighted by Gasteiger charge is 2.50. The molecule has 0 unspecified atom stereocenters. The minimum absolute atomic E-state index is 0.578. The van der Waals surface area contributed by atoms with Crippen molar-refractivity contribution in [2.75, 3.05) is 12.7 Å². The lowest BCUT2D eigenvalue weighted by Gasteiger charge is -2.43. The summed E-state index contributed by atoms with van der Waals surface area (Å²) in [4.78, 5) is 0. The number of hydrogen-bond acceptors (Lipinski definition) is 5. The van der Waals surface area contributed by atoms with E-state index in [1.165, 1.54) is 0 Å². The normalized spacial score (nSPS) is 14.6. The van der Waals surface area contributed by atoms with Gasteiger partial charge >= 0.3 is 8.80 Å². The molecular formula is C12H36N2O3Si4. The first-order valence-electron chi connectivity index (χ1n) is 7.75. The maximum Gasteiger partial charge on any atom is 0.469 e. The Morgan fingerprint density at radius 3 is 1.43 bits per heavy atom. The van der Waals surface area contributed by atoms with E-state index in [4.69, 9.17) is 23.8 Å². The van der Waals surface area contributed by atoms with Crippen molar-refractivity contribution >= 4 is 33.8 Å². The minimum atomic E-state index is -2.72. The van der Waals surface area contributed by atoms with E-state index < -0.39 is 33.8 Å². The lowest BCUT2D eigenvalue weighted by molar-refractivity contribution is 0.249. The van der Waals surface area contributed by atoms with Crippen molar-refractivity contribution in [3.63, 3.8) is 0 Å². The molecule has 0 spiro atoms. The minimum Gasteiger partial charge on any atom is -0.417 e. The van der Waals surface area contributed by atoms with Crippen LogP contribution in [0, 0.1) is 0 Å². The first-order chi connectivity index (χ1) is 9.24. The van der Waals surface area contributed by atoms with Crippen molar-refractivity contribution in [1.82, 2.24) is 0 Å². The molecule has 0 aromatic carbocycles. The van der Waals surface area contributed by atoms with Crippen molar-refractivity contribution in [1.29, 1.82) is 0 Å². The third kappa shape index (κ3) is 10.1. The fourth-order valence-corrected chi connectivity index (χ4v) is 16.6. The summed E-state index contributed by atoms with van der Waals surface area (Å²) in [6.45, 7) is 18.0. The van der Waals surface area contributed by atoms with Crippen LogP contribution >= 0.6 is 0 Å². The molecule has 0 saturated heterocycles. The molecule has 0 saturated carbocycles. The summed E-state index contributed by atoms with van der Waals surface area (Å²) in [5.41, 5.74) is 11.6. The molecule has 21 heavy (non-hydrogen) atoms. The van der Waals surface area contributed by atoms with Gasteiger partial charge in [-0.15, -0.1) is 0 Å². The highest BCUT2D eigenvalue weighted by Crippen LogP contribution is 2.29. The van der Waals surface area contributed by atoms with Gasteiger partial charge in [-0.1, -0.05) is 0 Å². The van der Waals surface area contributed by atoms with Gasteiger partial charge in [0.05, 0.1) is 0 Å². The Balaban J connectivity index is 5.48. The molecular weight excluding hydrogens is 332 g/mol. The third-order valence-corrected chi connectivity index (χ3v) is 15.3. The van der Waals surface area contributed by atoms with E-state index in [9.17, 15) is 0 Å². The van der Waals surface area contributed by atoms with Crippen LogP contribution in [0.15, 0.2) is 0 Å². The van der Waals surface area contributed by atoms with Crippen LogP contribution in [0.1, 0.15) is 6.42 Å². The van der Waals surface area contributed by atoms with Gasteiger partial charge in [0.2, 0.25) is 0 Å². The molecule has 0 radical (unpaired) electrons. The summed E-state index contributed by atoms with van der Waals surface area (Å²) in [5.74, 6) is 0. The molecule has 128 valence electrons. The van der Waals surface area contributed by atoms with Crippen LogP contribution < -0.4 is 11.5 Å². The number of hydrogen-bond donors (Lipinski definition) is 2. The Labute approximate surface area is 135 Å². The molecule has 0 bridgehead atoms. The Morgan fingerprint density at radius 2 is 1.14 bits per heavy atom. The van der Waals surface area contributed by atoms with Crippen molar-refractivity contribution in [3.8, 4) is 0 Å². The second-order valence-corrected chi connectivity index (χ2v) is 24.8. The molecule has 0 aromatic heterocycles. The molecule has 0 aliphatic rings. The van der Waals surface area contributed by atoms with Crippen molar-refractivity contribution in [2.24, 2.45) is 11.5 Å². The van der Waals surface area contributed by atoms with Crippen LogP contribution in [0.2, 0.25) is 58.4 Å². The molecule has 0 aromatic rings. The van der Waals surface area contributed by atoms with Gasteiger partial charge in [-0.05, 0) is 65.3 Å². The summed E-state index contributed by atoms with van der Waals surface area (Å²) >= 11 is 0. The first-order valence-corrected chi connectivity index (χ1v) is 19.6. The van der Waals surface area contributed by atoms with Gasteiger partial charge < -0.3 is 23.8 Å². The van der Waals surface area contributed by atoms with Crippen LogP contribution in [0.25, 0.3) is 0 Å². The Kier molecular flexibility index (Phi) is 8.23. The monoisotopic (exact) mass is 368 g/mol. The molecule has 9 heteroatoms. The van der Waals surface area contributed by atoms with Crippen molar-refractivity contribution in [2.45, 2.75) is 64.8 Å². The summed E-state index contributed by atoms with van der Waals surface area (Å²) < 4.78 is 19.6. The molecule has 0 rings (SSSR count). The van der Waals surface area contributed by atoms with Gasteiger partial charge in [0.25, 0.3) is 0 Å². The standard InChI is InChI=1S/C12H36N2O3Si4/c1-18(2,3)15-21(11-9-10-13,16-19(4,5)6)17-20(7,8)12-14/h9-14H2,1-8H3. The largest absolute Gasteiger partial charge is 0.469 e. The van der Waals surface area contributed by atoms with Crippen LogP contribution in [0.5, 0.6) is 0 Å². The SMILES string of the molecule is C[Si](C)(C)O[Si](CCCN)(O[Si](C)(C)C)O[Si](C)(C)CN. The van der Waals surface area contributed by atoms with Gasteiger partial charge in [-0.25, -0.2) is 0 Å². The number of rotatable bonds is 10. The Hall–Kier alpha value is 0.668. The molecule has 5 nitrogen and oxygen atoms in total.